The Balaban J connectivity index is 1.84. The van der Waals surface area contributed by atoms with Crippen LogP contribution in [0.5, 0.6) is 0 Å². The Labute approximate surface area is 70.9 Å². The van der Waals surface area contributed by atoms with Gasteiger partial charge in [0.1, 0.15) is 0 Å². The lowest BCUT2D eigenvalue weighted by atomic mass is 9.79. The normalized spacial score (nSPS) is 30.2. The molecule has 0 radical (unpaired) electrons. The number of rotatable bonds is 1. The van der Waals surface area contributed by atoms with Gasteiger partial charge in [-0.2, -0.15) is 0 Å². The molecule has 0 aliphatic heterocycles. The highest BCUT2D eigenvalue weighted by Crippen LogP contribution is 2.69. The monoisotopic (exact) mass is 164 g/mol. The van der Waals surface area contributed by atoms with Crippen LogP contribution in [0.2, 0.25) is 0 Å². The second kappa shape index (κ2) is 1.84. The van der Waals surface area contributed by atoms with E-state index in [2.05, 4.69) is 5.16 Å². The summed E-state index contributed by atoms with van der Waals surface area (Å²) in [6.45, 7) is 0. The molecule has 0 amide bonds. The van der Waals surface area contributed by atoms with Gasteiger partial charge in [0, 0.05) is 12.0 Å². The van der Waals surface area contributed by atoms with Crippen molar-refractivity contribution in [3.05, 3.63) is 11.8 Å². The summed E-state index contributed by atoms with van der Waals surface area (Å²) in [4.78, 5) is 0. The summed E-state index contributed by atoms with van der Waals surface area (Å²) < 4.78 is 4.86. The first-order valence-electron chi connectivity index (χ1n) is 4.52. The van der Waals surface area contributed by atoms with Crippen LogP contribution in [-0.2, 0) is 0 Å². The van der Waals surface area contributed by atoms with Gasteiger partial charge in [0.2, 0.25) is 5.88 Å². The molecule has 0 aromatic carbocycles. The molecule has 2 fully saturated rings. The van der Waals surface area contributed by atoms with Crippen molar-refractivity contribution in [2.24, 2.45) is 5.41 Å². The molecule has 3 rings (SSSR count). The van der Waals surface area contributed by atoms with Gasteiger partial charge in [-0.3, -0.25) is 0 Å². The predicted octanol–water partition coefficient (Wildman–Crippen LogP) is 1.91. The van der Waals surface area contributed by atoms with E-state index < -0.39 is 0 Å². The summed E-state index contributed by atoms with van der Waals surface area (Å²) in [6.07, 6.45) is 5.46. The highest BCUT2D eigenvalue weighted by Gasteiger charge is 2.59. The summed E-state index contributed by atoms with van der Waals surface area (Å²) in [5, 5.41) is 3.96. The molecule has 2 saturated carbocycles. The molecule has 2 aliphatic carbocycles. The fraction of sp³-hybridized carbons (Fsp3) is 0.667. The van der Waals surface area contributed by atoms with E-state index in [9.17, 15) is 0 Å². The van der Waals surface area contributed by atoms with Gasteiger partial charge in [-0.05, 0) is 24.7 Å². The van der Waals surface area contributed by atoms with Crippen molar-refractivity contribution < 1.29 is 4.52 Å². The van der Waals surface area contributed by atoms with E-state index in [1.165, 1.54) is 25.7 Å². The number of hydrogen-bond acceptors (Lipinski definition) is 3. The topological polar surface area (TPSA) is 52.0 Å². The van der Waals surface area contributed by atoms with Gasteiger partial charge in [-0.15, -0.1) is 0 Å². The standard InChI is InChI=1S/C9H12N2O/c10-8-4-7(11-12-8)6-5-9(6)2-1-3-9/h4,6H,1-3,5,10H2. The lowest BCUT2D eigenvalue weighted by Crippen LogP contribution is -2.13. The minimum absolute atomic E-state index is 0.450. The molecule has 12 heavy (non-hydrogen) atoms. The summed E-state index contributed by atoms with van der Waals surface area (Å²) in [7, 11) is 0. The van der Waals surface area contributed by atoms with E-state index in [0.29, 0.717) is 17.2 Å². The zero-order valence-electron chi connectivity index (χ0n) is 6.92. The van der Waals surface area contributed by atoms with Gasteiger partial charge in [-0.25, -0.2) is 0 Å². The van der Waals surface area contributed by atoms with Gasteiger partial charge in [0.05, 0.1) is 5.69 Å². The van der Waals surface area contributed by atoms with Crippen LogP contribution in [-0.4, -0.2) is 5.16 Å². The fourth-order valence-electron chi connectivity index (χ4n) is 2.42. The number of anilines is 1. The van der Waals surface area contributed by atoms with Crippen molar-refractivity contribution in [2.45, 2.75) is 31.6 Å². The third kappa shape index (κ3) is 0.687. The van der Waals surface area contributed by atoms with Crippen LogP contribution in [0.25, 0.3) is 0 Å². The molecular weight excluding hydrogens is 152 g/mol. The highest BCUT2D eigenvalue weighted by molar-refractivity contribution is 5.32. The minimum atomic E-state index is 0.450. The highest BCUT2D eigenvalue weighted by atomic mass is 16.5. The van der Waals surface area contributed by atoms with Crippen LogP contribution in [0, 0.1) is 5.41 Å². The first kappa shape index (κ1) is 6.52. The van der Waals surface area contributed by atoms with Gasteiger partial charge >= 0.3 is 0 Å². The van der Waals surface area contributed by atoms with E-state index in [0.717, 1.165) is 5.69 Å². The molecule has 1 heterocycles. The van der Waals surface area contributed by atoms with Gasteiger partial charge in [-0.1, -0.05) is 11.6 Å². The maximum absolute atomic E-state index is 5.46. The van der Waals surface area contributed by atoms with Crippen molar-refractivity contribution >= 4 is 5.88 Å². The van der Waals surface area contributed by atoms with Crippen LogP contribution in [0.4, 0.5) is 5.88 Å². The van der Waals surface area contributed by atoms with E-state index in [4.69, 9.17) is 10.3 Å². The van der Waals surface area contributed by atoms with Crippen LogP contribution in [0.3, 0.4) is 0 Å². The van der Waals surface area contributed by atoms with E-state index in [1.54, 1.807) is 0 Å². The number of hydrogen-bond donors (Lipinski definition) is 1. The maximum Gasteiger partial charge on any atom is 0.222 e. The van der Waals surface area contributed by atoms with Crippen molar-refractivity contribution in [1.29, 1.82) is 0 Å². The lowest BCUT2D eigenvalue weighted by molar-refractivity contribution is 0.274. The zero-order valence-corrected chi connectivity index (χ0v) is 6.92. The molecule has 3 heteroatoms. The van der Waals surface area contributed by atoms with Crippen LogP contribution in [0.1, 0.15) is 37.3 Å². The quantitative estimate of drug-likeness (QED) is 0.689. The average molecular weight is 164 g/mol. The van der Waals surface area contributed by atoms with E-state index >= 15 is 0 Å². The van der Waals surface area contributed by atoms with Gasteiger partial charge in [0.15, 0.2) is 0 Å². The second-order valence-corrected chi connectivity index (χ2v) is 4.13. The number of nitrogen functional groups attached to an aromatic ring is 1. The molecule has 1 atom stereocenters. The summed E-state index contributed by atoms with van der Waals surface area (Å²) in [5.41, 5.74) is 7.17. The molecule has 3 nitrogen and oxygen atoms in total. The Hall–Kier alpha value is -0.990. The Morgan fingerprint density at radius 3 is 2.83 bits per heavy atom. The summed E-state index contributed by atoms with van der Waals surface area (Å²) >= 11 is 0. The van der Waals surface area contributed by atoms with E-state index in [-0.39, 0.29) is 0 Å². The van der Waals surface area contributed by atoms with Gasteiger partial charge < -0.3 is 10.3 Å². The van der Waals surface area contributed by atoms with Crippen molar-refractivity contribution in [1.82, 2.24) is 5.16 Å². The smallest absolute Gasteiger partial charge is 0.222 e. The second-order valence-electron chi connectivity index (χ2n) is 4.13. The Bertz CT molecular complexity index is 314. The first-order valence-corrected chi connectivity index (χ1v) is 4.52. The largest absolute Gasteiger partial charge is 0.368 e. The molecule has 0 saturated heterocycles. The lowest BCUT2D eigenvalue weighted by Gasteiger charge is -2.25. The number of nitrogens with zero attached hydrogens (tertiary/aromatic N) is 1. The molecule has 64 valence electrons. The van der Waals surface area contributed by atoms with Crippen molar-refractivity contribution in [3.8, 4) is 0 Å². The molecule has 1 spiro atoms. The molecule has 2 aliphatic rings. The molecule has 2 N–H and O–H groups in total. The molecule has 1 aromatic rings. The van der Waals surface area contributed by atoms with Crippen LogP contribution < -0.4 is 5.73 Å². The molecule has 1 unspecified atom stereocenters. The third-order valence-electron chi connectivity index (χ3n) is 3.44. The summed E-state index contributed by atoms with van der Waals surface area (Å²) in [6, 6.07) is 1.87. The minimum Gasteiger partial charge on any atom is -0.368 e. The Morgan fingerprint density at radius 2 is 2.42 bits per heavy atom. The molecular formula is C9H12N2O. The predicted molar refractivity (Wildman–Crippen MR) is 44.6 cm³/mol. The fourth-order valence-corrected chi connectivity index (χ4v) is 2.42. The SMILES string of the molecule is Nc1cc(C2CC23CCC3)no1. The zero-order chi connectivity index (χ0) is 8.18. The third-order valence-corrected chi connectivity index (χ3v) is 3.44. The number of nitrogens with two attached hydrogens (primary N) is 1. The Kier molecular flexibility index (Phi) is 1.000. The van der Waals surface area contributed by atoms with Crippen molar-refractivity contribution in [3.63, 3.8) is 0 Å². The molecule has 0 bridgehead atoms. The van der Waals surface area contributed by atoms with Crippen LogP contribution >= 0.6 is 0 Å². The summed E-state index contributed by atoms with van der Waals surface area (Å²) in [5.74, 6) is 1.11. The van der Waals surface area contributed by atoms with Gasteiger partial charge in [0.25, 0.3) is 0 Å². The average Bonchev–Trinajstić information content (AvgIpc) is 2.62. The Morgan fingerprint density at radius 1 is 1.58 bits per heavy atom. The van der Waals surface area contributed by atoms with Crippen molar-refractivity contribution in [2.75, 3.05) is 5.73 Å². The maximum atomic E-state index is 5.46. The molecule has 1 aromatic heterocycles. The van der Waals surface area contributed by atoms with E-state index in [1.807, 2.05) is 6.07 Å². The van der Waals surface area contributed by atoms with Crippen LogP contribution in [0.15, 0.2) is 10.6 Å². The first-order chi connectivity index (χ1) is 5.80. The number of aromatic nitrogens is 1.